The minimum atomic E-state index is -3.76. The van der Waals surface area contributed by atoms with E-state index in [1.54, 1.807) is 74.0 Å². The highest BCUT2D eigenvalue weighted by molar-refractivity contribution is 7.89. The van der Waals surface area contributed by atoms with Crippen molar-refractivity contribution < 1.29 is 87.7 Å². The standard InChI is InChI=1S/C28H28N4O6S.C27H28N2O3.C26H25N3O5S.C25H24N2O4.3H2/c29-26(33)19-3-2-14-32(16-19)39(35,36)21-9-6-18(7-10-21)22-4-1-5-25(30-22)31-27(34)28(12-13-28)20-8-11-23-24(15-20)38-17-37-23;1-16(2)19-6-5-7-20(12-19)22-14-28-25(18(4)17(22)3)29-26(30)27(10-11-27)21-8-9-23-24(13-21)32-15-31-23;30-25(26(13-14-26)18-9-12-22-23(15-18)34-16-33-22)28-24-6-2-5-21(27-24)17-7-10-20(11-8-17)35(31,32)29-19-3-1-4-19;1-15-16(2)23(26-13-19(15)18-6-4-5-7-20(18)29-3)27-24(28)25(10-11-25)17-8-9-21-22(12-17)31-14-30-21;;;/h1,4-11,15,19H,2-3,12-14,16-17H2,(H2,29,33)(H,30,31,34);5-9,12-14,16H,10-11,15H2,1-4H3,(H,28,29,30);2,5-12,15,19,29H,1,3-4,13-14,16H2,(H,27,28,30);4-9,12-13H,10-11,14H2,1-3H3,(H,26,27,28);3*1H. The van der Waals surface area contributed by atoms with E-state index >= 15 is 0 Å². The van der Waals surface area contributed by atoms with Gasteiger partial charge in [0.2, 0.25) is 76.8 Å². The number of primary amides is 1. The molecular formula is C106H111N11O18S2. The zero-order valence-electron chi connectivity index (χ0n) is 76.9. The van der Waals surface area contributed by atoms with E-state index < -0.39 is 53.5 Å². The SMILES string of the molecule is COc1ccccc1-c1cnc(NC(=O)C2(c3ccc4c(c3)OCO4)CC2)c(C)c1C.Cc1c(-c2cccc(C(C)C)c2)cnc(NC(=O)C2(c3ccc4c(c3)OCO4)CC2)c1C.NC(=O)C1CCCN(S(=O)(=O)c2ccc(-c3cccc(NC(=O)C4(c5ccc6c(c5)OCO6)CC4)n3)cc2)C1.O=C(Nc1cccc(-c2ccc(S(=O)(=O)NC3CCC3)cc2)n1)C1(c2ccc3c(c2)OCO3)CC1.[HH].[HH].[HH]. The predicted octanol–water partition coefficient (Wildman–Crippen LogP) is 18.4. The normalized spacial score (nSPS) is 17.4. The highest BCUT2D eigenvalue weighted by atomic mass is 32.2. The monoisotopic (exact) mass is 1890 g/mol. The molecule has 5 aliphatic carbocycles. The quantitative estimate of drug-likeness (QED) is 0.0327. The molecule has 12 aromatic rings. The highest BCUT2D eigenvalue weighted by Crippen LogP contribution is 2.56. The van der Waals surface area contributed by atoms with Gasteiger partial charge in [-0.15, -0.1) is 0 Å². The smallest absolute Gasteiger partial charge is 0.243 e. The molecule has 0 radical (unpaired) electrons. The van der Waals surface area contributed by atoms with Crippen molar-refractivity contribution in [3.8, 4) is 96.5 Å². The van der Waals surface area contributed by atoms with Gasteiger partial charge in [-0.05, 0) is 269 Å². The molecule has 10 aliphatic rings. The molecule has 137 heavy (non-hydrogen) atoms. The first-order chi connectivity index (χ1) is 66.1. The maximum atomic E-state index is 13.3. The van der Waals surface area contributed by atoms with Gasteiger partial charge in [0.1, 0.15) is 29.0 Å². The summed E-state index contributed by atoms with van der Waals surface area (Å²) in [5.41, 5.74) is 19.2. The van der Waals surface area contributed by atoms with Crippen LogP contribution in [0.15, 0.2) is 228 Å². The first-order valence-corrected chi connectivity index (χ1v) is 49.0. The number of hydrogen-bond acceptors (Lipinski definition) is 22. The summed E-state index contributed by atoms with van der Waals surface area (Å²) in [5, 5.41) is 12.1. The third kappa shape index (κ3) is 18.7. The van der Waals surface area contributed by atoms with Crippen molar-refractivity contribution in [2.75, 3.05) is 68.6 Å². The molecule has 5 amide bonds. The lowest BCUT2D eigenvalue weighted by molar-refractivity contribution is -0.123. The minimum Gasteiger partial charge on any atom is -0.496 e. The summed E-state index contributed by atoms with van der Waals surface area (Å²) < 4.78 is 104. The van der Waals surface area contributed by atoms with E-state index in [9.17, 15) is 40.8 Å². The Balaban J connectivity index is 0.000000134. The molecule has 5 aliphatic heterocycles. The van der Waals surface area contributed by atoms with Crippen molar-refractivity contribution in [3.05, 3.63) is 269 Å². The Labute approximate surface area is 798 Å². The summed E-state index contributed by atoms with van der Waals surface area (Å²) in [5.74, 6) is 7.62. The van der Waals surface area contributed by atoms with E-state index in [2.05, 4.69) is 91.0 Å². The van der Waals surface area contributed by atoms with Gasteiger partial charge in [-0.25, -0.2) is 41.5 Å². The van der Waals surface area contributed by atoms with E-state index in [1.165, 1.54) is 22.0 Å². The lowest BCUT2D eigenvalue weighted by atomic mass is 9.93. The minimum absolute atomic E-state index is 0. The number of pyridine rings is 4. The van der Waals surface area contributed by atoms with Crippen LogP contribution in [-0.4, -0.2) is 124 Å². The maximum Gasteiger partial charge on any atom is 0.243 e. The summed E-state index contributed by atoms with van der Waals surface area (Å²) in [6.07, 6.45) is 13.9. The van der Waals surface area contributed by atoms with E-state index in [0.717, 1.165) is 160 Å². The van der Waals surface area contributed by atoms with Crippen LogP contribution in [0.1, 0.15) is 158 Å². The van der Waals surface area contributed by atoms with E-state index in [4.69, 9.17) is 48.4 Å². The van der Waals surface area contributed by atoms with Crippen molar-refractivity contribution >= 4 is 72.9 Å². The first kappa shape index (κ1) is 91.8. The number of sulfonamides is 2. The van der Waals surface area contributed by atoms with Crippen LogP contribution in [0.4, 0.5) is 23.3 Å². The number of rotatable bonds is 24. The van der Waals surface area contributed by atoms with Gasteiger partial charge >= 0.3 is 0 Å². The lowest BCUT2D eigenvalue weighted by Gasteiger charge is -2.30. The van der Waals surface area contributed by atoms with Crippen molar-refractivity contribution in [1.82, 2.24) is 29.0 Å². The molecule has 31 heteroatoms. The van der Waals surface area contributed by atoms with Crippen LogP contribution in [0.25, 0.3) is 44.8 Å². The van der Waals surface area contributed by atoms with Crippen LogP contribution in [-0.2, 0) is 65.7 Å². The number of piperidine rings is 1. The number of amides is 5. The summed E-state index contributed by atoms with van der Waals surface area (Å²) in [6, 6.07) is 63.1. The van der Waals surface area contributed by atoms with Crippen LogP contribution in [0.5, 0.6) is 51.7 Å². The maximum absolute atomic E-state index is 13.3. The van der Waals surface area contributed by atoms with Gasteiger partial charge in [0.05, 0.1) is 55.9 Å². The molecule has 1 atom stereocenters. The third-order valence-corrected chi connectivity index (χ3v) is 31.3. The third-order valence-electron chi connectivity index (χ3n) is 27.9. The van der Waals surface area contributed by atoms with Gasteiger partial charge in [0, 0.05) is 63.6 Å². The number of hydrogen-bond donors (Lipinski definition) is 6. The van der Waals surface area contributed by atoms with Crippen LogP contribution < -0.4 is 74.4 Å². The fraction of sp³-hybridized carbons (Fsp3) is 0.311. The second-order valence-electron chi connectivity index (χ2n) is 36.7. The Kier molecular flexibility index (Phi) is 25.1. The van der Waals surface area contributed by atoms with Gasteiger partial charge in [-0.3, -0.25) is 24.0 Å². The molecule has 0 spiro atoms. The number of nitrogens with one attached hydrogen (secondary N) is 5. The number of carbonyl (C=O) groups is 5. The summed E-state index contributed by atoms with van der Waals surface area (Å²) in [6.45, 7) is 13.8. The molecule has 710 valence electrons. The Morgan fingerprint density at radius 1 is 0.431 bits per heavy atom. The van der Waals surface area contributed by atoms with Gasteiger partial charge in [0.25, 0.3) is 0 Å². The van der Waals surface area contributed by atoms with Crippen molar-refractivity contribution in [3.63, 3.8) is 0 Å². The zero-order chi connectivity index (χ0) is 95.3. The molecule has 8 aromatic carbocycles. The number of fused-ring (bicyclic) bond motifs is 4. The topological polar surface area (TPSA) is 378 Å². The fourth-order valence-electron chi connectivity index (χ4n) is 18.2. The number of carbonyl (C=O) groups excluding carboxylic acids is 5. The molecule has 6 fully saturated rings. The van der Waals surface area contributed by atoms with Crippen molar-refractivity contribution in [2.45, 2.75) is 168 Å². The number of aromatic nitrogens is 4. The molecule has 1 saturated heterocycles. The molecule has 22 rings (SSSR count). The highest BCUT2D eigenvalue weighted by Gasteiger charge is 2.55. The zero-order valence-corrected chi connectivity index (χ0v) is 78.6. The number of methoxy groups -OCH3 is 1. The number of ether oxygens (including phenoxy) is 9. The predicted molar refractivity (Wildman–Crippen MR) is 522 cm³/mol. The van der Waals surface area contributed by atoms with E-state index in [0.29, 0.717) is 100 Å². The number of nitrogens with two attached hydrogens (primary N) is 1. The molecule has 9 heterocycles. The summed E-state index contributed by atoms with van der Waals surface area (Å²) in [7, 11) is -5.63. The Morgan fingerprint density at radius 2 is 0.839 bits per heavy atom. The molecular weight excluding hydrogens is 1780 g/mol. The van der Waals surface area contributed by atoms with E-state index in [-0.39, 0.29) is 77.5 Å². The average Bonchev–Trinajstić information content (AvgIpc) is 1.62. The lowest BCUT2D eigenvalue weighted by Crippen LogP contribution is -2.44. The van der Waals surface area contributed by atoms with Gasteiger partial charge < -0.3 is 69.6 Å². The molecule has 0 bridgehead atoms. The second kappa shape index (κ2) is 37.4. The first-order valence-electron chi connectivity index (χ1n) is 46.1. The Bertz CT molecular complexity index is 7020. The molecule has 29 nitrogen and oxygen atoms in total. The Morgan fingerprint density at radius 3 is 1.26 bits per heavy atom. The average molecular weight is 1890 g/mol. The number of benzene rings is 8. The molecule has 1 unspecified atom stereocenters. The summed E-state index contributed by atoms with van der Waals surface area (Å²) in [4.78, 5) is 83.5. The van der Waals surface area contributed by atoms with Gasteiger partial charge in [0.15, 0.2) is 46.0 Å². The van der Waals surface area contributed by atoms with Crippen LogP contribution in [0.2, 0.25) is 0 Å². The van der Waals surface area contributed by atoms with Crippen LogP contribution in [0, 0.1) is 33.6 Å². The molecule has 7 N–H and O–H groups in total. The largest absolute Gasteiger partial charge is 0.496 e. The van der Waals surface area contributed by atoms with Gasteiger partial charge in [-0.2, -0.15) is 4.31 Å². The van der Waals surface area contributed by atoms with Crippen molar-refractivity contribution in [2.24, 2.45) is 11.7 Å². The van der Waals surface area contributed by atoms with Crippen LogP contribution in [0.3, 0.4) is 0 Å². The van der Waals surface area contributed by atoms with Crippen LogP contribution >= 0.6 is 0 Å². The number of anilines is 4. The molecule has 4 aromatic heterocycles. The number of para-hydroxylation sites is 1. The molecule has 5 saturated carbocycles. The van der Waals surface area contributed by atoms with Gasteiger partial charge in [-0.1, -0.05) is 123 Å². The second-order valence-corrected chi connectivity index (χ2v) is 40.3. The van der Waals surface area contributed by atoms with Crippen molar-refractivity contribution in [1.29, 1.82) is 0 Å². The fourth-order valence-corrected chi connectivity index (χ4v) is 21.1. The summed E-state index contributed by atoms with van der Waals surface area (Å²) >= 11 is 0. The van der Waals surface area contributed by atoms with E-state index in [1.807, 2.05) is 136 Å². The number of nitrogens with zero attached hydrogens (tertiary/aromatic N) is 5. The Hall–Kier alpha value is -14.3.